The Labute approximate surface area is 131 Å². The van der Waals surface area contributed by atoms with Crippen LogP contribution in [0.25, 0.3) is 0 Å². The average Bonchev–Trinajstić information content (AvgIpc) is 2.46. The average molecular weight is 326 g/mol. The minimum absolute atomic E-state index is 0.00487. The molecule has 0 heterocycles. The lowest BCUT2D eigenvalue weighted by Gasteiger charge is -2.20. The van der Waals surface area contributed by atoms with Crippen LogP contribution in [0.4, 0.5) is 0 Å². The van der Waals surface area contributed by atoms with E-state index in [1.165, 1.54) is 19.9 Å². The fraction of sp³-hybridized carbons (Fsp3) is 0.357. The molecule has 9 heteroatoms. The van der Waals surface area contributed by atoms with Gasteiger partial charge in [-0.25, -0.2) is 4.79 Å². The Kier molecular flexibility index (Phi) is 5.91. The molecule has 1 rings (SSSR count). The molecule has 3 unspecified atom stereocenters. The van der Waals surface area contributed by atoms with Crippen LogP contribution in [0.1, 0.15) is 24.2 Å². The van der Waals surface area contributed by atoms with Gasteiger partial charge in [0.05, 0.1) is 6.10 Å². The second-order valence-electron chi connectivity index (χ2n) is 4.96. The van der Waals surface area contributed by atoms with Crippen LogP contribution in [0.2, 0.25) is 0 Å². The summed E-state index contributed by atoms with van der Waals surface area (Å²) in [6, 6.07) is 0.789. The number of carboxylic acid groups (broad SMARTS) is 1. The largest absolute Gasteiger partial charge is 0.504 e. The normalized spacial score (nSPS) is 14.4. The monoisotopic (exact) mass is 326 g/mol. The van der Waals surface area contributed by atoms with Crippen LogP contribution in [0.15, 0.2) is 18.2 Å². The number of amides is 2. The first-order chi connectivity index (χ1) is 10.6. The topological polar surface area (TPSA) is 156 Å². The van der Waals surface area contributed by atoms with Gasteiger partial charge in [0.25, 0.3) is 5.91 Å². The third kappa shape index (κ3) is 4.85. The van der Waals surface area contributed by atoms with Crippen molar-refractivity contribution in [2.75, 3.05) is 0 Å². The summed E-state index contributed by atoms with van der Waals surface area (Å²) in [7, 11) is 0. The summed E-state index contributed by atoms with van der Waals surface area (Å²) < 4.78 is 0. The van der Waals surface area contributed by atoms with Crippen LogP contribution in [-0.4, -0.2) is 56.4 Å². The zero-order valence-electron chi connectivity index (χ0n) is 12.5. The number of carbonyl (C=O) groups is 3. The van der Waals surface area contributed by atoms with Gasteiger partial charge in [-0.1, -0.05) is 0 Å². The number of phenols is 2. The summed E-state index contributed by atoms with van der Waals surface area (Å²) in [5.41, 5.74) is 0.00487. The molecule has 0 aliphatic carbocycles. The molecule has 0 bridgehead atoms. The highest BCUT2D eigenvalue weighted by atomic mass is 16.4. The summed E-state index contributed by atoms with van der Waals surface area (Å²) in [5, 5.41) is 41.1. The summed E-state index contributed by atoms with van der Waals surface area (Å²) in [5.74, 6) is -3.79. The lowest BCUT2D eigenvalue weighted by Crippen LogP contribution is -2.53. The Morgan fingerprint density at radius 1 is 1.04 bits per heavy atom. The molecule has 0 fully saturated rings. The number of phenolic OH excluding ortho intramolecular Hbond substituents is 2. The van der Waals surface area contributed by atoms with Crippen LogP contribution in [0.3, 0.4) is 0 Å². The van der Waals surface area contributed by atoms with Crippen molar-refractivity contribution < 1.29 is 34.8 Å². The number of carboxylic acids is 1. The van der Waals surface area contributed by atoms with E-state index in [1.807, 2.05) is 0 Å². The van der Waals surface area contributed by atoms with Crippen LogP contribution in [-0.2, 0) is 9.59 Å². The van der Waals surface area contributed by atoms with E-state index < -0.39 is 47.5 Å². The second-order valence-corrected chi connectivity index (χ2v) is 4.96. The smallest absolute Gasteiger partial charge is 0.328 e. The minimum Gasteiger partial charge on any atom is -0.504 e. The molecule has 6 N–H and O–H groups in total. The zero-order chi connectivity index (χ0) is 17.7. The number of aromatic hydroxyl groups is 2. The van der Waals surface area contributed by atoms with E-state index in [0.717, 1.165) is 12.1 Å². The standard InChI is InChI=1S/C14H18N2O7/c1-6(12(20)16-11(7(2)17)14(22)23)15-13(21)8-3-4-9(18)10(19)5-8/h3-7,11,17-19H,1-2H3,(H,15,21)(H,16,20)(H,22,23). The van der Waals surface area contributed by atoms with Crippen LogP contribution < -0.4 is 10.6 Å². The van der Waals surface area contributed by atoms with E-state index >= 15 is 0 Å². The third-order valence-electron chi connectivity index (χ3n) is 3.02. The lowest BCUT2D eigenvalue weighted by atomic mass is 10.1. The molecular formula is C14H18N2O7. The predicted molar refractivity (Wildman–Crippen MR) is 77.9 cm³/mol. The first-order valence-electron chi connectivity index (χ1n) is 6.67. The quantitative estimate of drug-likeness (QED) is 0.372. The molecular weight excluding hydrogens is 308 g/mol. The molecule has 3 atom stereocenters. The van der Waals surface area contributed by atoms with Crippen LogP contribution >= 0.6 is 0 Å². The molecule has 0 aliphatic heterocycles. The molecule has 9 nitrogen and oxygen atoms in total. The van der Waals surface area contributed by atoms with Crippen molar-refractivity contribution in [1.29, 1.82) is 0 Å². The van der Waals surface area contributed by atoms with E-state index in [0.29, 0.717) is 0 Å². The van der Waals surface area contributed by atoms with Gasteiger partial charge in [-0.15, -0.1) is 0 Å². The molecule has 0 aromatic heterocycles. The van der Waals surface area contributed by atoms with Gasteiger partial charge in [-0.3, -0.25) is 9.59 Å². The molecule has 2 amide bonds. The number of carbonyl (C=O) groups excluding carboxylic acids is 2. The number of aliphatic hydroxyl groups excluding tert-OH is 1. The van der Waals surface area contributed by atoms with E-state index in [-0.39, 0.29) is 5.56 Å². The van der Waals surface area contributed by atoms with Crippen molar-refractivity contribution in [3.05, 3.63) is 23.8 Å². The molecule has 0 saturated heterocycles. The number of nitrogens with one attached hydrogen (secondary N) is 2. The predicted octanol–water partition coefficient (Wildman–Crippen LogP) is -0.834. The van der Waals surface area contributed by atoms with Gasteiger partial charge in [0.2, 0.25) is 5.91 Å². The first-order valence-corrected chi connectivity index (χ1v) is 6.67. The number of aliphatic hydroxyl groups is 1. The number of hydrogen-bond acceptors (Lipinski definition) is 6. The Morgan fingerprint density at radius 2 is 1.65 bits per heavy atom. The van der Waals surface area contributed by atoms with Crippen LogP contribution in [0, 0.1) is 0 Å². The van der Waals surface area contributed by atoms with E-state index in [4.69, 9.17) is 5.11 Å². The summed E-state index contributed by atoms with van der Waals surface area (Å²) in [4.78, 5) is 34.7. The van der Waals surface area contributed by atoms with E-state index in [2.05, 4.69) is 10.6 Å². The molecule has 0 spiro atoms. The molecule has 23 heavy (non-hydrogen) atoms. The summed E-state index contributed by atoms with van der Waals surface area (Å²) >= 11 is 0. The van der Waals surface area contributed by atoms with Gasteiger partial charge in [-0.2, -0.15) is 0 Å². The summed E-state index contributed by atoms with van der Waals surface area (Å²) in [6.07, 6.45) is -1.31. The fourth-order valence-corrected chi connectivity index (χ4v) is 1.68. The Morgan fingerprint density at radius 3 is 2.13 bits per heavy atom. The van der Waals surface area contributed by atoms with Crippen molar-refractivity contribution in [3.63, 3.8) is 0 Å². The van der Waals surface area contributed by atoms with E-state index in [1.54, 1.807) is 0 Å². The maximum atomic E-state index is 11.9. The molecule has 0 saturated carbocycles. The molecule has 126 valence electrons. The molecule has 1 aromatic rings. The van der Waals surface area contributed by atoms with Crippen molar-refractivity contribution in [2.24, 2.45) is 0 Å². The number of aliphatic carboxylic acids is 1. The third-order valence-corrected chi connectivity index (χ3v) is 3.02. The van der Waals surface area contributed by atoms with Gasteiger partial charge in [0.1, 0.15) is 6.04 Å². The van der Waals surface area contributed by atoms with Crippen molar-refractivity contribution in [3.8, 4) is 11.5 Å². The Hall–Kier alpha value is -2.81. The SMILES string of the molecule is CC(NC(=O)c1ccc(O)c(O)c1)C(=O)NC(C(=O)O)C(C)O. The van der Waals surface area contributed by atoms with Gasteiger partial charge >= 0.3 is 5.97 Å². The molecule has 1 aromatic carbocycles. The fourth-order valence-electron chi connectivity index (χ4n) is 1.68. The minimum atomic E-state index is -1.50. The maximum Gasteiger partial charge on any atom is 0.328 e. The van der Waals surface area contributed by atoms with Crippen molar-refractivity contribution in [2.45, 2.75) is 32.0 Å². The number of hydrogen-bond donors (Lipinski definition) is 6. The second kappa shape index (κ2) is 7.45. The van der Waals surface area contributed by atoms with Gasteiger partial charge in [-0.05, 0) is 32.0 Å². The Bertz CT molecular complexity index is 615. The van der Waals surface area contributed by atoms with E-state index in [9.17, 15) is 29.7 Å². The Balaban J connectivity index is 2.72. The number of rotatable bonds is 6. The number of benzene rings is 1. The lowest BCUT2D eigenvalue weighted by molar-refractivity contribution is -0.145. The van der Waals surface area contributed by atoms with Gasteiger partial charge in [0, 0.05) is 5.56 Å². The van der Waals surface area contributed by atoms with Gasteiger partial charge < -0.3 is 31.1 Å². The zero-order valence-corrected chi connectivity index (χ0v) is 12.5. The molecule has 0 aliphatic rings. The summed E-state index contributed by atoms with van der Waals surface area (Å²) in [6.45, 7) is 2.54. The van der Waals surface area contributed by atoms with Crippen LogP contribution in [0.5, 0.6) is 11.5 Å². The van der Waals surface area contributed by atoms with Crippen molar-refractivity contribution >= 4 is 17.8 Å². The maximum absolute atomic E-state index is 11.9. The first kappa shape index (κ1) is 18.2. The highest BCUT2D eigenvalue weighted by molar-refractivity contribution is 5.98. The highest BCUT2D eigenvalue weighted by Gasteiger charge is 2.27. The van der Waals surface area contributed by atoms with Crippen molar-refractivity contribution in [1.82, 2.24) is 10.6 Å². The van der Waals surface area contributed by atoms with Gasteiger partial charge in [0.15, 0.2) is 17.5 Å². The highest BCUT2D eigenvalue weighted by Crippen LogP contribution is 2.24. The molecule has 0 radical (unpaired) electrons.